The third kappa shape index (κ3) is 4.44. The zero-order valence-electron chi connectivity index (χ0n) is 13.6. The number of carbonyl (C=O) groups is 1. The molecule has 2 heterocycles. The monoisotopic (exact) mass is 306 g/mol. The Labute approximate surface area is 132 Å². The van der Waals surface area contributed by atoms with Gasteiger partial charge in [-0.1, -0.05) is 6.92 Å². The van der Waals surface area contributed by atoms with E-state index < -0.39 is 0 Å². The van der Waals surface area contributed by atoms with Crippen LogP contribution in [0.1, 0.15) is 50.0 Å². The molecular weight excluding hydrogens is 280 g/mol. The maximum absolute atomic E-state index is 12.8. The van der Waals surface area contributed by atoms with Crippen LogP contribution in [0.4, 0.5) is 0 Å². The van der Waals surface area contributed by atoms with E-state index in [-0.39, 0.29) is 12.0 Å². The molecule has 5 heteroatoms. The molecule has 0 N–H and O–H groups in total. The van der Waals surface area contributed by atoms with E-state index in [1.165, 1.54) is 6.42 Å². The van der Waals surface area contributed by atoms with E-state index in [0.717, 1.165) is 25.9 Å². The van der Waals surface area contributed by atoms with Gasteiger partial charge in [-0.05, 0) is 44.7 Å². The summed E-state index contributed by atoms with van der Waals surface area (Å²) >= 11 is 0. The summed E-state index contributed by atoms with van der Waals surface area (Å²) in [5.74, 6) is 0.487. The van der Waals surface area contributed by atoms with Gasteiger partial charge >= 0.3 is 0 Å². The van der Waals surface area contributed by atoms with Crippen LogP contribution in [-0.2, 0) is 4.74 Å². The molecule has 1 amide bonds. The Hall–Kier alpha value is -1.62. The highest BCUT2D eigenvalue weighted by atomic mass is 16.5. The lowest BCUT2D eigenvalue weighted by atomic mass is 10.1. The van der Waals surface area contributed by atoms with Gasteiger partial charge in [0.15, 0.2) is 11.4 Å². The number of amides is 1. The Kier molecular flexibility index (Phi) is 6.65. The van der Waals surface area contributed by atoms with Gasteiger partial charge < -0.3 is 14.4 Å². The largest absolute Gasteiger partial charge is 0.491 e. The second-order valence-corrected chi connectivity index (χ2v) is 5.52. The number of hydrogen-bond acceptors (Lipinski definition) is 4. The van der Waals surface area contributed by atoms with Crippen LogP contribution in [0.25, 0.3) is 0 Å². The summed E-state index contributed by atoms with van der Waals surface area (Å²) in [7, 11) is 0. The Balaban J connectivity index is 2.11. The van der Waals surface area contributed by atoms with Crippen LogP contribution in [-0.4, -0.2) is 48.2 Å². The Morgan fingerprint density at radius 3 is 3.00 bits per heavy atom. The maximum Gasteiger partial charge on any atom is 0.276 e. The second-order valence-electron chi connectivity index (χ2n) is 5.52. The van der Waals surface area contributed by atoms with Crippen LogP contribution in [0.15, 0.2) is 18.3 Å². The Bertz CT molecular complexity index is 473. The predicted molar refractivity (Wildman–Crippen MR) is 85.2 cm³/mol. The zero-order valence-corrected chi connectivity index (χ0v) is 13.6. The van der Waals surface area contributed by atoms with Gasteiger partial charge in [0.2, 0.25) is 0 Å². The van der Waals surface area contributed by atoms with Crippen molar-refractivity contribution in [2.45, 2.75) is 45.6 Å². The molecule has 122 valence electrons. The smallest absolute Gasteiger partial charge is 0.276 e. The SMILES string of the molecule is CCCN(CC1CCCCO1)C(=O)c1ncccc1OCC. The minimum absolute atomic E-state index is 0.0694. The average molecular weight is 306 g/mol. The first kappa shape index (κ1) is 16.7. The lowest BCUT2D eigenvalue weighted by molar-refractivity contribution is -0.00403. The highest BCUT2D eigenvalue weighted by Crippen LogP contribution is 2.20. The van der Waals surface area contributed by atoms with Gasteiger partial charge in [0, 0.05) is 25.9 Å². The third-order valence-corrected chi connectivity index (χ3v) is 3.75. The molecule has 0 spiro atoms. The number of ether oxygens (including phenoxy) is 2. The summed E-state index contributed by atoms with van der Waals surface area (Å²) < 4.78 is 11.3. The van der Waals surface area contributed by atoms with Gasteiger partial charge in [-0.25, -0.2) is 4.98 Å². The number of carbonyl (C=O) groups excluding carboxylic acids is 1. The molecule has 0 radical (unpaired) electrons. The molecule has 1 atom stereocenters. The molecule has 1 fully saturated rings. The van der Waals surface area contributed by atoms with E-state index in [0.29, 0.717) is 31.1 Å². The third-order valence-electron chi connectivity index (χ3n) is 3.75. The van der Waals surface area contributed by atoms with Gasteiger partial charge in [-0.3, -0.25) is 4.79 Å². The summed E-state index contributed by atoms with van der Waals surface area (Å²) in [5, 5.41) is 0. The van der Waals surface area contributed by atoms with E-state index in [4.69, 9.17) is 9.47 Å². The molecule has 0 aromatic carbocycles. The molecule has 0 aliphatic carbocycles. The van der Waals surface area contributed by atoms with Crippen LogP contribution in [0.2, 0.25) is 0 Å². The zero-order chi connectivity index (χ0) is 15.8. The molecular formula is C17H26N2O3. The normalized spacial score (nSPS) is 18.0. The van der Waals surface area contributed by atoms with Crippen molar-refractivity contribution in [2.75, 3.05) is 26.3 Å². The Morgan fingerprint density at radius 1 is 1.45 bits per heavy atom. The molecule has 0 saturated carbocycles. The number of hydrogen-bond donors (Lipinski definition) is 0. The fraction of sp³-hybridized carbons (Fsp3) is 0.647. The van der Waals surface area contributed by atoms with Crippen LogP contribution in [0.5, 0.6) is 5.75 Å². The number of aromatic nitrogens is 1. The summed E-state index contributed by atoms with van der Waals surface area (Å²) in [6, 6.07) is 3.58. The van der Waals surface area contributed by atoms with Crippen LogP contribution in [0, 0.1) is 0 Å². The van der Waals surface area contributed by atoms with Crippen molar-refractivity contribution in [1.82, 2.24) is 9.88 Å². The minimum Gasteiger partial charge on any atom is -0.491 e. The molecule has 1 aromatic heterocycles. The first-order valence-electron chi connectivity index (χ1n) is 8.25. The summed E-state index contributed by atoms with van der Waals surface area (Å²) in [6.07, 6.45) is 6.00. The topological polar surface area (TPSA) is 51.7 Å². The number of rotatable bonds is 7. The lowest BCUT2D eigenvalue weighted by Gasteiger charge is -2.30. The van der Waals surface area contributed by atoms with Crippen LogP contribution in [0.3, 0.4) is 0 Å². The van der Waals surface area contributed by atoms with E-state index in [1.54, 1.807) is 18.3 Å². The highest BCUT2D eigenvalue weighted by Gasteiger charge is 2.24. The average Bonchev–Trinajstić information content (AvgIpc) is 2.56. The van der Waals surface area contributed by atoms with E-state index >= 15 is 0 Å². The fourth-order valence-electron chi connectivity index (χ4n) is 2.72. The predicted octanol–water partition coefficient (Wildman–Crippen LogP) is 2.90. The second kappa shape index (κ2) is 8.73. The van der Waals surface area contributed by atoms with E-state index in [2.05, 4.69) is 11.9 Å². The van der Waals surface area contributed by atoms with Gasteiger partial charge in [-0.2, -0.15) is 0 Å². The van der Waals surface area contributed by atoms with E-state index in [1.807, 2.05) is 11.8 Å². The van der Waals surface area contributed by atoms with Crippen LogP contribution >= 0.6 is 0 Å². The fourth-order valence-corrected chi connectivity index (χ4v) is 2.72. The molecule has 1 aliphatic heterocycles. The maximum atomic E-state index is 12.8. The van der Waals surface area contributed by atoms with Crippen molar-refractivity contribution < 1.29 is 14.3 Å². The standard InChI is InChI=1S/C17H26N2O3/c1-3-11-19(13-14-8-5-6-12-22-14)17(20)16-15(21-4-2)9-7-10-18-16/h7,9-10,14H,3-6,8,11-13H2,1-2H3. The molecule has 5 nitrogen and oxygen atoms in total. The Morgan fingerprint density at radius 2 is 2.32 bits per heavy atom. The van der Waals surface area contributed by atoms with Gasteiger partial charge in [0.05, 0.1) is 12.7 Å². The quantitative estimate of drug-likeness (QED) is 0.777. The van der Waals surface area contributed by atoms with Crippen molar-refractivity contribution in [2.24, 2.45) is 0 Å². The number of pyridine rings is 1. The first-order valence-corrected chi connectivity index (χ1v) is 8.25. The molecule has 1 saturated heterocycles. The molecule has 1 aliphatic rings. The van der Waals surface area contributed by atoms with Gasteiger partial charge in [0.25, 0.3) is 5.91 Å². The number of nitrogens with zero attached hydrogens (tertiary/aromatic N) is 2. The first-order chi connectivity index (χ1) is 10.8. The summed E-state index contributed by atoms with van der Waals surface area (Å²) in [4.78, 5) is 18.9. The van der Waals surface area contributed by atoms with E-state index in [9.17, 15) is 4.79 Å². The summed E-state index contributed by atoms with van der Waals surface area (Å²) in [5.41, 5.74) is 0.397. The van der Waals surface area contributed by atoms with Crippen molar-refractivity contribution in [3.63, 3.8) is 0 Å². The molecule has 0 bridgehead atoms. The minimum atomic E-state index is -0.0694. The van der Waals surface area contributed by atoms with Crippen molar-refractivity contribution in [3.8, 4) is 5.75 Å². The van der Waals surface area contributed by atoms with Gasteiger partial charge in [0.1, 0.15) is 0 Å². The summed E-state index contributed by atoms with van der Waals surface area (Å²) in [6.45, 7) is 6.64. The van der Waals surface area contributed by atoms with Crippen molar-refractivity contribution in [1.29, 1.82) is 0 Å². The molecule has 22 heavy (non-hydrogen) atoms. The molecule has 2 rings (SSSR count). The lowest BCUT2D eigenvalue weighted by Crippen LogP contribution is -2.40. The van der Waals surface area contributed by atoms with Gasteiger partial charge in [-0.15, -0.1) is 0 Å². The molecule has 1 aromatic rings. The molecule has 1 unspecified atom stereocenters. The van der Waals surface area contributed by atoms with Crippen molar-refractivity contribution in [3.05, 3.63) is 24.0 Å². The van der Waals surface area contributed by atoms with Crippen LogP contribution < -0.4 is 4.74 Å². The van der Waals surface area contributed by atoms with Crippen molar-refractivity contribution >= 4 is 5.91 Å². The highest BCUT2D eigenvalue weighted by molar-refractivity contribution is 5.94.